The van der Waals surface area contributed by atoms with Gasteiger partial charge < -0.3 is 9.88 Å². The zero-order valence-electron chi connectivity index (χ0n) is 11.4. The van der Waals surface area contributed by atoms with Crippen molar-refractivity contribution in [3.05, 3.63) is 18.2 Å². The molecule has 0 radical (unpaired) electrons. The molecule has 3 nitrogen and oxygen atoms in total. The normalized spacial score (nSPS) is 29.2. The molecule has 1 aromatic rings. The van der Waals surface area contributed by atoms with Crippen LogP contribution in [0.1, 0.15) is 63.6 Å². The maximum atomic E-state index is 4.30. The first-order valence-electron chi connectivity index (χ1n) is 7.57. The van der Waals surface area contributed by atoms with Gasteiger partial charge in [0.1, 0.15) is 0 Å². The van der Waals surface area contributed by atoms with E-state index in [4.69, 9.17) is 0 Å². The minimum atomic E-state index is 0.720. The molecule has 100 valence electrons. The van der Waals surface area contributed by atoms with Crippen molar-refractivity contribution in [1.82, 2.24) is 14.9 Å². The molecule has 1 N–H and O–H groups in total. The number of hydrogen-bond donors (Lipinski definition) is 1. The van der Waals surface area contributed by atoms with Crippen LogP contribution in [-0.2, 0) is 6.54 Å². The van der Waals surface area contributed by atoms with Crippen LogP contribution in [0.15, 0.2) is 12.5 Å². The highest BCUT2D eigenvalue weighted by atomic mass is 15.1. The van der Waals surface area contributed by atoms with E-state index in [0.717, 1.165) is 24.5 Å². The number of imidazole rings is 1. The average Bonchev–Trinajstić information content (AvgIpc) is 3.14. The maximum Gasteiger partial charge on any atom is 0.0951 e. The Bertz CT molecular complexity index is 381. The van der Waals surface area contributed by atoms with E-state index in [1.165, 1.54) is 50.6 Å². The van der Waals surface area contributed by atoms with Crippen LogP contribution in [0.4, 0.5) is 0 Å². The second-order valence-electron chi connectivity index (χ2n) is 6.21. The Morgan fingerprint density at radius 3 is 2.94 bits per heavy atom. The van der Waals surface area contributed by atoms with Gasteiger partial charge in [-0.05, 0) is 38.0 Å². The topological polar surface area (TPSA) is 29.9 Å². The third-order valence-corrected chi connectivity index (χ3v) is 4.52. The van der Waals surface area contributed by atoms with E-state index >= 15 is 0 Å². The molecule has 2 aliphatic carbocycles. The van der Waals surface area contributed by atoms with Gasteiger partial charge in [0.15, 0.2) is 0 Å². The Kier molecular flexibility index (Phi) is 3.69. The fraction of sp³-hybridized carbons (Fsp3) is 0.800. The summed E-state index contributed by atoms with van der Waals surface area (Å²) in [6.07, 6.45) is 13.6. The van der Waals surface area contributed by atoms with Crippen LogP contribution in [-0.4, -0.2) is 15.6 Å². The van der Waals surface area contributed by atoms with Crippen molar-refractivity contribution in [3.63, 3.8) is 0 Å². The molecular weight excluding hydrogens is 222 g/mol. The molecule has 1 heterocycles. The molecule has 0 spiro atoms. The molecule has 2 saturated carbocycles. The molecule has 18 heavy (non-hydrogen) atoms. The summed E-state index contributed by atoms with van der Waals surface area (Å²) in [6, 6.07) is 1.47. The van der Waals surface area contributed by atoms with Gasteiger partial charge in [0.2, 0.25) is 0 Å². The van der Waals surface area contributed by atoms with E-state index in [1.807, 2.05) is 12.5 Å². The summed E-state index contributed by atoms with van der Waals surface area (Å²) in [5, 5.41) is 3.75. The van der Waals surface area contributed by atoms with Gasteiger partial charge >= 0.3 is 0 Å². The Hall–Kier alpha value is -0.830. The van der Waals surface area contributed by atoms with Gasteiger partial charge in [-0.2, -0.15) is 0 Å². The second-order valence-corrected chi connectivity index (χ2v) is 6.21. The third kappa shape index (κ3) is 2.94. The second kappa shape index (κ2) is 5.43. The number of rotatable bonds is 4. The van der Waals surface area contributed by atoms with E-state index in [1.54, 1.807) is 0 Å². The molecule has 3 rings (SSSR count). The Labute approximate surface area is 110 Å². The Balaban J connectivity index is 1.52. The van der Waals surface area contributed by atoms with Gasteiger partial charge in [-0.25, -0.2) is 4.98 Å². The highest BCUT2D eigenvalue weighted by molar-refractivity contribution is 5.03. The summed E-state index contributed by atoms with van der Waals surface area (Å²) < 4.78 is 2.37. The average molecular weight is 247 g/mol. The first-order valence-corrected chi connectivity index (χ1v) is 7.57. The van der Waals surface area contributed by atoms with E-state index in [-0.39, 0.29) is 0 Å². The highest BCUT2D eigenvalue weighted by Crippen LogP contribution is 2.35. The molecule has 0 aromatic carbocycles. The first-order chi connectivity index (χ1) is 8.83. The van der Waals surface area contributed by atoms with Crippen LogP contribution in [0.3, 0.4) is 0 Å². The molecule has 0 aliphatic heterocycles. The van der Waals surface area contributed by atoms with Crippen molar-refractivity contribution >= 4 is 0 Å². The quantitative estimate of drug-likeness (QED) is 0.828. The van der Waals surface area contributed by atoms with Gasteiger partial charge in [0, 0.05) is 24.8 Å². The molecule has 2 atom stereocenters. The molecule has 0 amide bonds. The smallest absolute Gasteiger partial charge is 0.0951 e. The van der Waals surface area contributed by atoms with Crippen molar-refractivity contribution in [2.24, 2.45) is 5.92 Å². The van der Waals surface area contributed by atoms with Crippen LogP contribution in [0.2, 0.25) is 0 Å². The summed E-state index contributed by atoms with van der Waals surface area (Å²) in [6.45, 7) is 3.39. The summed E-state index contributed by atoms with van der Waals surface area (Å²) in [4.78, 5) is 4.30. The monoisotopic (exact) mass is 247 g/mol. The van der Waals surface area contributed by atoms with E-state index in [2.05, 4.69) is 21.8 Å². The predicted molar refractivity (Wildman–Crippen MR) is 73.4 cm³/mol. The van der Waals surface area contributed by atoms with Gasteiger partial charge in [-0.3, -0.25) is 0 Å². The summed E-state index contributed by atoms with van der Waals surface area (Å²) in [5.74, 6) is 0.925. The van der Waals surface area contributed by atoms with Crippen molar-refractivity contribution in [3.8, 4) is 0 Å². The SMILES string of the molecule is CC1CCCC(NCc2cncn2C2CC2)CC1. The van der Waals surface area contributed by atoms with E-state index < -0.39 is 0 Å². The summed E-state index contributed by atoms with van der Waals surface area (Å²) in [7, 11) is 0. The first kappa shape index (κ1) is 12.2. The highest BCUT2D eigenvalue weighted by Gasteiger charge is 2.25. The zero-order chi connectivity index (χ0) is 12.4. The zero-order valence-corrected chi connectivity index (χ0v) is 11.4. The lowest BCUT2D eigenvalue weighted by atomic mass is 10.0. The summed E-state index contributed by atoms with van der Waals surface area (Å²) in [5.41, 5.74) is 1.37. The van der Waals surface area contributed by atoms with Gasteiger partial charge in [-0.15, -0.1) is 0 Å². The summed E-state index contributed by atoms with van der Waals surface area (Å²) >= 11 is 0. The molecular formula is C15H25N3. The fourth-order valence-corrected chi connectivity index (χ4v) is 3.09. The lowest BCUT2D eigenvalue weighted by Gasteiger charge is -2.17. The fourth-order valence-electron chi connectivity index (χ4n) is 3.09. The Morgan fingerprint density at radius 1 is 1.22 bits per heavy atom. The van der Waals surface area contributed by atoms with E-state index in [9.17, 15) is 0 Å². The standard InChI is InChI=1S/C15H25N3/c1-12-3-2-4-13(6-5-12)17-10-15-9-16-11-18(15)14-7-8-14/h9,11-14,17H,2-8,10H2,1H3. The molecule has 2 fully saturated rings. The van der Waals surface area contributed by atoms with Gasteiger partial charge in [0.25, 0.3) is 0 Å². The Morgan fingerprint density at radius 2 is 2.11 bits per heavy atom. The molecule has 1 aromatic heterocycles. The number of hydrogen-bond acceptors (Lipinski definition) is 2. The molecule has 3 heteroatoms. The molecule has 0 bridgehead atoms. The van der Waals surface area contributed by atoms with Crippen molar-refractivity contribution in [2.75, 3.05) is 0 Å². The van der Waals surface area contributed by atoms with Crippen molar-refractivity contribution in [1.29, 1.82) is 0 Å². The van der Waals surface area contributed by atoms with Crippen LogP contribution in [0.5, 0.6) is 0 Å². The minimum Gasteiger partial charge on any atom is -0.330 e. The lowest BCUT2D eigenvalue weighted by Crippen LogP contribution is -2.28. The minimum absolute atomic E-state index is 0.720. The van der Waals surface area contributed by atoms with Gasteiger partial charge in [-0.1, -0.05) is 19.8 Å². The molecule has 0 saturated heterocycles. The number of nitrogens with one attached hydrogen (secondary N) is 1. The largest absolute Gasteiger partial charge is 0.330 e. The third-order valence-electron chi connectivity index (χ3n) is 4.52. The van der Waals surface area contributed by atoms with Crippen LogP contribution in [0, 0.1) is 5.92 Å². The van der Waals surface area contributed by atoms with Crippen LogP contribution >= 0.6 is 0 Å². The predicted octanol–water partition coefficient (Wildman–Crippen LogP) is 3.28. The van der Waals surface area contributed by atoms with Gasteiger partial charge in [0.05, 0.1) is 12.0 Å². The van der Waals surface area contributed by atoms with E-state index in [0.29, 0.717) is 0 Å². The van der Waals surface area contributed by atoms with Crippen molar-refractivity contribution in [2.45, 2.75) is 70.5 Å². The maximum absolute atomic E-state index is 4.30. The van der Waals surface area contributed by atoms with Crippen molar-refractivity contribution < 1.29 is 0 Å². The molecule has 2 aliphatic rings. The number of nitrogens with zero attached hydrogens (tertiary/aromatic N) is 2. The lowest BCUT2D eigenvalue weighted by molar-refractivity contribution is 0.440. The van der Waals surface area contributed by atoms with Crippen LogP contribution in [0.25, 0.3) is 0 Å². The van der Waals surface area contributed by atoms with Crippen LogP contribution < -0.4 is 5.32 Å². The number of aromatic nitrogens is 2. The molecule has 2 unspecified atom stereocenters.